The van der Waals surface area contributed by atoms with E-state index in [0.717, 1.165) is 5.92 Å². The number of hydrogen-bond donors (Lipinski definition) is 0. The standard InChI is InChI=1S/C9H16B2/c1-7-3-5-8(6-4-7)9(2,10)11/h7-8H,3-6H2,1-2H3. The Morgan fingerprint density at radius 1 is 1.09 bits per heavy atom. The van der Waals surface area contributed by atoms with Crippen LogP contribution in [0, 0.1) is 11.8 Å². The van der Waals surface area contributed by atoms with Crippen LogP contribution in [0.15, 0.2) is 0 Å². The molecule has 0 saturated heterocycles. The van der Waals surface area contributed by atoms with E-state index in [-0.39, 0.29) is 0 Å². The molecule has 58 valence electrons. The molecule has 0 spiro atoms. The average molecular weight is 146 g/mol. The van der Waals surface area contributed by atoms with Crippen LogP contribution in [0.1, 0.15) is 39.5 Å². The summed E-state index contributed by atoms with van der Waals surface area (Å²) in [5, 5.41) is -0.444. The Kier molecular flexibility index (Phi) is 2.72. The smallest absolute Gasteiger partial charge is 0.0620 e. The minimum atomic E-state index is -0.444. The minimum Gasteiger partial charge on any atom is -0.0990 e. The van der Waals surface area contributed by atoms with E-state index in [2.05, 4.69) is 6.92 Å². The lowest BCUT2D eigenvalue weighted by molar-refractivity contribution is 0.271. The van der Waals surface area contributed by atoms with Gasteiger partial charge in [-0.15, -0.1) is 0 Å². The fourth-order valence-corrected chi connectivity index (χ4v) is 1.88. The van der Waals surface area contributed by atoms with Crippen molar-refractivity contribution in [2.24, 2.45) is 11.8 Å². The summed E-state index contributed by atoms with van der Waals surface area (Å²) in [6.45, 7) is 4.24. The Bertz CT molecular complexity index is 118. The van der Waals surface area contributed by atoms with Gasteiger partial charge in [0.25, 0.3) is 0 Å². The maximum absolute atomic E-state index is 5.83. The zero-order valence-corrected chi connectivity index (χ0v) is 7.64. The molecule has 0 atom stereocenters. The van der Waals surface area contributed by atoms with E-state index in [1.165, 1.54) is 25.7 Å². The zero-order chi connectivity index (χ0) is 8.48. The van der Waals surface area contributed by atoms with Crippen molar-refractivity contribution in [2.45, 2.75) is 44.7 Å². The molecule has 2 heteroatoms. The number of hydrogen-bond acceptors (Lipinski definition) is 0. The Morgan fingerprint density at radius 2 is 1.55 bits per heavy atom. The maximum atomic E-state index is 5.83. The molecule has 11 heavy (non-hydrogen) atoms. The van der Waals surface area contributed by atoms with Crippen LogP contribution in [-0.2, 0) is 0 Å². The van der Waals surface area contributed by atoms with Crippen LogP contribution in [0.3, 0.4) is 0 Å². The van der Waals surface area contributed by atoms with Crippen LogP contribution >= 0.6 is 0 Å². The Labute approximate surface area is 73.0 Å². The molecule has 0 aromatic carbocycles. The van der Waals surface area contributed by atoms with Gasteiger partial charge < -0.3 is 0 Å². The quantitative estimate of drug-likeness (QED) is 0.497. The van der Waals surface area contributed by atoms with Crippen LogP contribution < -0.4 is 0 Å². The minimum absolute atomic E-state index is 0.444. The summed E-state index contributed by atoms with van der Waals surface area (Å²) in [5.74, 6) is 1.42. The third-order valence-electron chi connectivity index (χ3n) is 2.90. The summed E-state index contributed by atoms with van der Waals surface area (Å²) in [7, 11) is 11.7. The monoisotopic (exact) mass is 146 g/mol. The van der Waals surface area contributed by atoms with E-state index in [0.29, 0.717) is 5.92 Å². The maximum Gasteiger partial charge on any atom is 0.0620 e. The van der Waals surface area contributed by atoms with E-state index < -0.39 is 5.21 Å². The molecule has 0 aliphatic heterocycles. The van der Waals surface area contributed by atoms with Crippen LogP contribution in [0.25, 0.3) is 0 Å². The second kappa shape index (κ2) is 3.25. The van der Waals surface area contributed by atoms with Crippen molar-refractivity contribution in [1.29, 1.82) is 0 Å². The fourth-order valence-electron chi connectivity index (χ4n) is 1.88. The predicted molar refractivity (Wildman–Crippen MR) is 51.0 cm³/mol. The summed E-state index contributed by atoms with van der Waals surface area (Å²) >= 11 is 0. The molecule has 0 unspecified atom stereocenters. The highest BCUT2D eigenvalue weighted by atomic mass is 14.3. The van der Waals surface area contributed by atoms with Crippen molar-refractivity contribution in [1.82, 2.24) is 0 Å². The zero-order valence-electron chi connectivity index (χ0n) is 7.64. The highest BCUT2D eigenvalue weighted by Gasteiger charge is 2.27. The molecule has 0 heterocycles. The van der Waals surface area contributed by atoms with E-state index in [9.17, 15) is 0 Å². The SMILES string of the molecule is [B]C([B])(C)C1CCC(C)CC1. The second-order valence-electron chi connectivity index (χ2n) is 4.32. The van der Waals surface area contributed by atoms with E-state index >= 15 is 0 Å². The van der Waals surface area contributed by atoms with Crippen molar-refractivity contribution in [3.05, 3.63) is 0 Å². The Balaban J connectivity index is 2.39. The van der Waals surface area contributed by atoms with Crippen LogP contribution in [0.5, 0.6) is 0 Å². The topological polar surface area (TPSA) is 0 Å². The predicted octanol–water partition coefficient (Wildman–Crippen LogP) is 2.29. The molecule has 0 amide bonds. The number of rotatable bonds is 1. The molecule has 1 aliphatic rings. The van der Waals surface area contributed by atoms with Crippen molar-refractivity contribution in [3.63, 3.8) is 0 Å². The van der Waals surface area contributed by atoms with Gasteiger partial charge in [0, 0.05) is 0 Å². The van der Waals surface area contributed by atoms with Crippen LogP contribution in [0.2, 0.25) is 5.21 Å². The molecule has 0 aromatic heterocycles. The molecular weight excluding hydrogens is 130 g/mol. The first kappa shape index (κ1) is 9.22. The van der Waals surface area contributed by atoms with Gasteiger partial charge >= 0.3 is 0 Å². The first-order chi connectivity index (χ1) is 5.00. The van der Waals surface area contributed by atoms with Gasteiger partial charge in [-0.05, 0) is 5.92 Å². The van der Waals surface area contributed by atoms with E-state index in [1.807, 2.05) is 6.92 Å². The van der Waals surface area contributed by atoms with Gasteiger partial charge in [-0.3, -0.25) is 0 Å². The summed E-state index contributed by atoms with van der Waals surface area (Å²) in [6, 6.07) is 0. The lowest BCUT2D eigenvalue weighted by atomic mass is 9.47. The molecule has 1 rings (SSSR count). The molecule has 0 nitrogen and oxygen atoms in total. The van der Waals surface area contributed by atoms with Crippen molar-refractivity contribution in [2.75, 3.05) is 0 Å². The molecule has 0 N–H and O–H groups in total. The Hall–Kier alpha value is 0.130. The average Bonchev–Trinajstić information content (AvgIpc) is 1.86. The van der Waals surface area contributed by atoms with Gasteiger partial charge in [0.2, 0.25) is 0 Å². The van der Waals surface area contributed by atoms with Gasteiger partial charge in [-0.25, -0.2) is 0 Å². The second-order valence-corrected chi connectivity index (χ2v) is 4.32. The van der Waals surface area contributed by atoms with E-state index in [1.54, 1.807) is 0 Å². The first-order valence-electron chi connectivity index (χ1n) is 4.58. The van der Waals surface area contributed by atoms with Gasteiger partial charge in [0.1, 0.15) is 0 Å². The molecule has 0 bridgehead atoms. The largest absolute Gasteiger partial charge is 0.0990 e. The molecule has 1 aliphatic carbocycles. The van der Waals surface area contributed by atoms with Gasteiger partial charge in [-0.2, -0.15) is 0 Å². The van der Waals surface area contributed by atoms with Crippen LogP contribution in [-0.4, -0.2) is 15.7 Å². The third-order valence-corrected chi connectivity index (χ3v) is 2.90. The lowest BCUT2D eigenvalue weighted by Gasteiger charge is -2.36. The summed E-state index contributed by atoms with van der Waals surface area (Å²) in [4.78, 5) is 0. The normalized spacial score (nSPS) is 33.6. The van der Waals surface area contributed by atoms with Gasteiger partial charge in [-0.1, -0.05) is 50.7 Å². The lowest BCUT2D eigenvalue weighted by Crippen LogP contribution is -2.25. The third kappa shape index (κ3) is 2.57. The highest BCUT2D eigenvalue weighted by Crippen LogP contribution is 2.40. The molecular formula is C9H16B2. The summed E-state index contributed by atoms with van der Waals surface area (Å²) in [6.07, 6.45) is 5.03. The van der Waals surface area contributed by atoms with Crippen LogP contribution in [0.4, 0.5) is 0 Å². The fraction of sp³-hybridized carbons (Fsp3) is 1.00. The summed E-state index contributed by atoms with van der Waals surface area (Å²) in [5.41, 5.74) is 0. The highest BCUT2D eigenvalue weighted by molar-refractivity contribution is 6.39. The van der Waals surface area contributed by atoms with Gasteiger partial charge in [0.05, 0.1) is 15.7 Å². The van der Waals surface area contributed by atoms with Crippen molar-refractivity contribution < 1.29 is 0 Å². The molecule has 0 aromatic rings. The molecule has 4 radical (unpaired) electrons. The Morgan fingerprint density at radius 3 is 1.91 bits per heavy atom. The van der Waals surface area contributed by atoms with Crippen molar-refractivity contribution in [3.8, 4) is 0 Å². The first-order valence-corrected chi connectivity index (χ1v) is 4.58. The summed E-state index contributed by atoms with van der Waals surface area (Å²) < 4.78 is 0. The molecule has 1 fully saturated rings. The van der Waals surface area contributed by atoms with Crippen molar-refractivity contribution >= 4 is 15.7 Å². The van der Waals surface area contributed by atoms with Gasteiger partial charge in [0.15, 0.2) is 0 Å². The molecule has 1 saturated carbocycles. The van der Waals surface area contributed by atoms with E-state index in [4.69, 9.17) is 15.7 Å².